The predicted molar refractivity (Wildman–Crippen MR) is 62.7 cm³/mol. The lowest BCUT2D eigenvalue weighted by atomic mass is 9.81. The van der Waals surface area contributed by atoms with Crippen molar-refractivity contribution in [3.63, 3.8) is 0 Å². The van der Waals surface area contributed by atoms with Crippen molar-refractivity contribution < 1.29 is 4.79 Å². The highest BCUT2D eigenvalue weighted by molar-refractivity contribution is 5.83. The summed E-state index contributed by atoms with van der Waals surface area (Å²) in [6.45, 7) is 10.1. The van der Waals surface area contributed by atoms with Gasteiger partial charge in [-0.1, -0.05) is 13.3 Å². The van der Waals surface area contributed by atoms with Crippen molar-refractivity contribution in [2.45, 2.75) is 52.5 Å². The molecule has 3 heteroatoms. The van der Waals surface area contributed by atoms with Gasteiger partial charge in [-0.15, -0.1) is 0 Å². The van der Waals surface area contributed by atoms with Crippen molar-refractivity contribution in [3.05, 3.63) is 0 Å². The molecule has 1 rings (SSSR count). The minimum Gasteiger partial charge on any atom is -0.351 e. The second kappa shape index (κ2) is 4.52. The molecule has 1 fully saturated rings. The van der Waals surface area contributed by atoms with E-state index in [0.29, 0.717) is 0 Å². The molecule has 0 radical (unpaired) electrons. The van der Waals surface area contributed by atoms with Gasteiger partial charge < -0.3 is 10.6 Å². The van der Waals surface area contributed by atoms with Gasteiger partial charge in [0.15, 0.2) is 0 Å². The van der Waals surface area contributed by atoms with E-state index in [1.54, 1.807) is 0 Å². The quantitative estimate of drug-likeness (QED) is 0.747. The van der Waals surface area contributed by atoms with Gasteiger partial charge in [0.2, 0.25) is 5.91 Å². The number of rotatable bonds is 3. The van der Waals surface area contributed by atoms with Gasteiger partial charge in [-0.05, 0) is 40.2 Å². The Morgan fingerprint density at radius 2 is 2.13 bits per heavy atom. The molecule has 0 aromatic carbocycles. The lowest BCUT2D eigenvalue weighted by molar-refractivity contribution is -0.132. The van der Waals surface area contributed by atoms with E-state index in [-0.39, 0.29) is 16.9 Å². The Hall–Kier alpha value is -0.570. The van der Waals surface area contributed by atoms with Gasteiger partial charge in [-0.2, -0.15) is 0 Å². The summed E-state index contributed by atoms with van der Waals surface area (Å²) in [6.07, 6.45) is 3.03. The Balaban J connectivity index is 2.68. The van der Waals surface area contributed by atoms with Crippen molar-refractivity contribution in [2.75, 3.05) is 13.1 Å². The zero-order chi connectivity index (χ0) is 11.5. The summed E-state index contributed by atoms with van der Waals surface area (Å²) in [6, 6.07) is 0. The highest BCUT2D eigenvalue weighted by atomic mass is 16.2. The lowest BCUT2D eigenvalue weighted by Gasteiger charge is -2.31. The van der Waals surface area contributed by atoms with Crippen molar-refractivity contribution in [1.29, 1.82) is 0 Å². The third-order valence-corrected chi connectivity index (χ3v) is 2.94. The zero-order valence-electron chi connectivity index (χ0n) is 10.4. The van der Waals surface area contributed by atoms with Crippen LogP contribution in [0.2, 0.25) is 0 Å². The first-order chi connectivity index (χ1) is 6.90. The molecule has 88 valence electrons. The summed E-state index contributed by atoms with van der Waals surface area (Å²) in [5, 5.41) is 6.41. The SMILES string of the molecule is CCCC1(C(=O)NC(C)(C)C)CCNC1. The van der Waals surface area contributed by atoms with Crippen LogP contribution in [0.3, 0.4) is 0 Å². The van der Waals surface area contributed by atoms with E-state index in [9.17, 15) is 4.79 Å². The molecule has 1 aliphatic heterocycles. The lowest BCUT2D eigenvalue weighted by Crippen LogP contribution is -2.50. The molecule has 0 spiro atoms. The molecule has 0 saturated carbocycles. The van der Waals surface area contributed by atoms with Gasteiger partial charge in [0, 0.05) is 12.1 Å². The van der Waals surface area contributed by atoms with Crippen LogP contribution in [0.1, 0.15) is 47.0 Å². The van der Waals surface area contributed by atoms with Crippen LogP contribution in [-0.2, 0) is 4.79 Å². The van der Waals surface area contributed by atoms with Crippen LogP contribution in [0, 0.1) is 5.41 Å². The maximum atomic E-state index is 12.2. The van der Waals surface area contributed by atoms with Crippen LogP contribution < -0.4 is 10.6 Å². The number of hydrogen-bond acceptors (Lipinski definition) is 2. The molecule has 1 heterocycles. The van der Waals surface area contributed by atoms with Crippen LogP contribution >= 0.6 is 0 Å². The highest BCUT2D eigenvalue weighted by Crippen LogP contribution is 2.31. The Kier molecular flexibility index (Phi) is 3.77. The minimum atomic E-state index is -0.151. The van der Waals surface area contributed by atoms with Gasteiger partial charge in [0.1, 0.15) is 0 Å². The summed E-state index contributed by atoms with van der Waals surface area (Å²) >= 11 is 0. The number of nitrogens with one attached hydrogen (secondary N) is 2. The molecular formula is C12H24N2O. The molecular weight excluding hydrogens is 188 g/mol. The molecule has 2 N–H and O–H groups in total. The molecule has 1 saturated heterocycles. The zero-order valence-corrected chi connectivity index (χ0v) is 10.4. The molecule has 1 unspecified atom stereocenters. The van der Waals surface area contributed by atoms with Crippen molar-refractivity contribution >= 4 is 5.91 Å². The van der Waals surface area contributed by atoms with E-state index < -0.39 is 0 Å². The van der Waals surface area contributed by atoms with E-state index in [0.717, 1.165) is 32.4 Å². The van der Waals surface area contributed by atoms with Gasteiger partial charge in [-0.25, -0.2) is 0 Å². The summed E-state index contributed by atoms with van der Waals surface area (Å²) in [4.78, 5) is 12.2. The average molecular weight is 212 g/mol. The number of carbonyl (C=O) groups excluding carboxylic acids is 1. The Morgan fingerprint density at radius 3 is 2.53 bits per heavy atom. The predicted octanol–water partition coefficient (Wildman–Crippen LogP) is 1.68. The monoisotopic (exact) mass is 212 g/mol. The Labute approximate surface area is 93.0 Å². The summed E-state index contributed by atoms with van der Waals surface area (Å²) in [5.74, 6) is 0.224. The van der Waals surface area contributed by atoms with Crippen LogP contribution in [0.4, 0.5) is 0 Å². The molecule has 3 nitrogen and oxygen atoms in total. The van der Waals surface area contributed by atoms with Gasteiger partial charge in [0.25, 0.3) is 0 Å². The van der Waals surface area contributed by atoms with Crippen molar-refractivity contribution in [1.82, 2.24) is 10.6 Å². The maximum Gasteiger partial charge on any atom is 0.227 e. The molecule has 15 heavy (non-hydrogen) atoms. The first-order valence-corrected chi connectivity index (χ1v) is 5.93. The fraction of sp³-hybridized carbons (Fsp3) is 0.917. The van der Waals surface area contributed by atoms with Crippen LogP contribution in [0.15, 0.2) is 0 Å². The largest absolute Gasteiger partial charge is 0.351 e. The fourth-order valence-electron chi connectivity index (χ4n) is 2.22. The van der Waals surface area contributed by atoms with Crippen LogP contribution in [0.25, 0.3) is 0 Å². The van der Waals surface area contributed by atoms with E-state index >= 15 is 0 Å². The Bertz CT molecular complexity index is 224. The van der Waals surface area contributed by atoms with Gasteiger partial charge in [0.05, 0.1) is 5.41 Å². The number of amides is 1. The summed E-state index contributed by atoms with van der Waals surface area (Å²) in [7, 11) is 0. The van der Waals surface area contributed by atoms with Crippen LogP contribution in [0.5, 0.6) is 0 Å². The maximum absolute atomic E-state index is 12.2. The van der Waals surface area contributed by atoms with E-state index in [2.05, 4.69) is 17.6 Å². The molecule has 0 aromatic rings. The van der Waals surface area contributed by atoms with E-state index in [1.165, 1.54) is 0 Å². The Morgan fingerprint density at radius 1 is 1.47 bits per heavy atom. The topological polar surface area (TPSA) is 41.1 Å². The van der Waals surface area contributed by atoms with E-state index in [1.807, 2.05) is 20.8 Å². The third-order valence-electron chi connectivity index (χ3n) is 2.94. The molecule has 1 amide bonds. The standard InChI is InChI=1S/C12H24N2O/c1-5-6-12(7-8-13-9-12)10(15)14-11(2,3)4/h13H,5-9H2,1-4H3,(H,14,15). The van der Waals surface area contributed by atoms with Crippen molar-refractivity contribution in [3.8, 4) is 0 Å². The number of carbonyl (C=O) groups is 1. The molecule has 1 aliphatic rings. The third kappa shape index (κ3) is 3.20. The summed E-state index contributed by atoms with van der Waals surface area (Å²) < 4.78 is 0. The normalized spacial score (nSPS) is 26.7. The molecule has 0 aliphatic carbocycles. The highest BCUT2D eigenvalue weighted by Gasteiger charge is 2.41. The molecule has 0 aromatic heterocycles. The minimum absolute atomic E-state index is 0.125. The molecule has 0 bridgehead atoms. The smallest absolute Gasteiger partial charge is 0.227 e. The van der Waals surface area contributed by atoms with Gasteiger partial charge >= 0.3 is 0 Å². The second-order valence-electron chi connectivity index (χ2n) is 5.66. The average Bonchev–Trinajstić information content (AvgIpc) is 2.51. The van der Waals surface area contributed by atoms with E-state index in [4.69, 9.17) is 0 Å². The first kappa shape index (κ1) is 12.5. The van der Waals surface area contributed by atoms with Crippen LogP contribution in [-0.4, -0.2) is 24.5 Å². The fourth-order valence-corrected chi connectivity index (χ4v) is 2.22. The number of hydrogen-bond donors (Lipinski definition) is 2. The first-order valence-electron chi connectivity index (χ1n) is 5.93. The summed E-state index contributed by atoms with van der Waals surface area (Å²) in [5.41, 5.74) is -0.275. The molecule has 1 atom stereocenters. The van der Waals surface area contributed by atoms with Crippen molar-refractivity contribution in [2.24, 2.45) is 5.41 Å². The van der Waals surface area contributed by atoms with Gasteiger partial charge in [-0.3, -0.25) is 4.79 Å². The second-order valence-corrected chi connectivity index (χ2v) is 5.66.